The Kier molecular flexibility index (Phi) is 4.75. The molecule has 2 atom stereocenters. The van der Waals surface area contributed by atoms with Crippen molar-refractivity contribution in [3.8, 4) is 0 Å². The highest BCUT2D eigenvalue weighted by atomic mass is 16.4. The predicted octanol–water partition coefficient (Wildman–Crippen LogP) is 2.48. The van der Waals surface area contributed by atoms with Crippen LogP contribution in [-0.4, -0.2) is 46.2 Å². The SMILES string of the molecule is CC(C)NC1(C(=O)O)CCC(N(CC2CC2)C(C)C)C1. The Labute approximate surface area is 122 Å². The standard InChI is InChI=1S/C16H30N2O2/c1-11(2)17-16(15(19)20)8-7-14(9-16)18(12(3)4)10-13-5-6-13/h11-14,17H,5-10H2,1-4H3,(H,19,20). The first kappa shape index (κ1) is 15.8. The maximum atomic E-state index is 11.8. The van der Waals surface area contributed by atoms with Gasteiger partial charge in [-0.05, 0) is 65.7 Å². The molecule has 4 heteroatoms. The van der Waals surface area contributed by atoms with Gasteiger partial charge in [-0.2, -0.15) is 0 Å². The fraction of sp³-hybridized carbons (Fsp3) is 0.938. The number of hydrogen-bond donors (Lipinski definition) is 2. The molecule has 0 aromatic heterocycles. The Bertz CT molecular complexity index is 352. The highest BCUT2D eigenvalue weighted by Crippen LogP contribution is 2.38. The summed E-state index contributed by atoms with van der Waals surface area (Å²) in [6, 6.07) is 1.13. The first-order valence-electron chi connectivity index (χ1n) is 8.11. The van der Waals surface area contributed by atoms with Crippen LogP contribution in [0.5, 0.6) is 0 Å². The number of aliphatic carboxylic acids is 1. The van der Waals surface area contributed by atoms with E-state index >= 15 is 0 Å². The van der Waals surface area contributed by atoms with Gasteiger partial charge in [-0.3, -0.25) is 15.0 Å². The largest absolute Gasteiger partial charge is 0.480 e. The van der Waals surface area contributed by atoms with Crippen molar-refractivity contribution in [1.82, 2.24) is 10.2 Å². The second-order valence-corrected chi connectivity index (χ2v) is 7.32. The van der Waals surface area contributed by atoms with Gasteiger partial charge in [0.1, 0.15) is 5.54 Å². The van der Waals surface area contributed by atoms with E-state index in [1.165, 1.54) is 12.8 Å². The number of carbonyl (C=O) groups is 1. The Morgan fingerprint density at radius 2 is 1.95 bits per heavy atom. The van der Waals surface area contributed by atoms with Crippen molar-refractivity contribution in [2.24, 2.45) is 5.92 Å². The third-order valence-electron chi connectivity index (χ3n) is 4.76. The van der Waals surface area contributed by atoms with Gasteiger partial charge in [0.2, 0.25) is 0 Å². The molecule has 2 fully saturated rings. The summed E-state index contributed by atoms with van der Waals surface area (Å²) in [7, 11) is 0. The highest BCUT2D eigenvalue weighted by molar-refractivity contribution is 5.79. The van der Waals surface area contributed by atoms with Crippen LogP contribution in [0.4, 0.5) is 0 Å². The average molecular weight is 282 g/mol. The van der Waals surface area contributed by atoms with Gasteiger partial charge in [-0.15, -0.1) is 0 Å². The number of rotatable bonds is 7. The lowest BCUT2D eigenvalue weighted by molar-refractivity contribution is -0.145. The van der Waals surface area contributed by atoms with E-state index in [4.69, 9.17) is 0 Å². The van der Waals surface area contributed by atoms with Crippen molar-refractivity contribution in [2.75, 3.05) is 6.54 Å². The zero-order chi connectivity index (χ0) is 14.9. The second-order valence-electron chi connectivity index (χ2n) is 7.32. The van der Waals surface area contributed by atoms with Crippen molar-refractivity contribution in [3.05, 3.63) is 0 Å². The fourth-order valence-electron chi connectivity index (χ4n) is 3.62. The lowest BCUT2D eigenvalue weighted by atomic mass is 9.96. The molecule has 2 N–H and O–H groups in total. The Hall–Kier alpha value is -0.610. The summed E-state index contributed by atoms with van der Waals surface area (Å²) in [4.78, 5) is 14.3. The van der Waals surface area contributed by atoms with E-state index in [0.29, 0.717) is 12.1 Å². The monoisotopic (exact) mass is 282 g/mol. The van der Waals surface area contributed by atoms with Crippen molar-refractivity contribution >= 4 is 5.97 Å². The van der Waals surface area contributed by atoms with Crippen LogP contribution < -0.4 is 5.32 Å². The first-order chi connectivity index (χ1) is 9.34. The molecular weight excluding hydrogens is 252 g/mol. The molecule has 0 radical (unpaired) electrons. The summed E-state index contributed by atoms with van der Waals surface area (Å²) in [5.74, 6) is 0.180. The van der Waals surface area contributed by atoms with Gasteiger partial charge in [0.25, 0.3) is 0 Å². The van der Waals surface area contributed by atoms with Crippen molar-refractivity contribution < 1.29 is 9.90 Å². The summed E-state index contributed by atoms with van der Waals surface area (Å²) in [6.07, 6.45) is 5.19. The molecule has 4 nitrogen and oxygen atoms in total. The topological polar surface area (TPSA) is 52.6 Å². The molecule has 0 aliphatic heterocycles. The molecule has 2 rings (SSSR count). The minimum Gasteiger partial charge on any atom is -0.480 e. The van der Waals surface area contributed by atoms with Crippen LogP contribution in [0.1, 0.15) is 59.8 Å². The molecule has 2 aliphatic carbocycles. The quantitative estimate of drug-likeness (QED) is 0.753. The summed E-state index contributed by atoms with van der Waals surface area (Å²) in [5.41, 5.74) is -0.713. The lowest BCUT2D eigenvalue weighted by Gasteiger charge is -2.34. The molecule has 0 bridgehead atoms. The number of carboxylic acids is 1. The van der Waals surface area contributed by atoms with Gasteiger partial charge < -0.3 is 5.11 Å². The molecule has 0 aromatic rings. The Morgan fingerprint density at radius 1 is 1.30 bits per heavy atom. The highest BCUT2D eigenvalue weighted by Gasteiger charge is 2.48. The molecule has 0 heterocycles. The minimum absolute atomic E-state index is 0.209. The van der Waals surface area contributed by atoms with Crippen molar-refractivity contribution in [1.29, 1.82) is 0 Å². The molecule has 2 aliphatic rings. The first-order valence-corrected chi connectivity index (χ1v) is 8.11. The van der Waals surface area contributed by atoms with E-state index in [-0.39, 0.29) is 6.04 Å². The van der Waals surface area contributed by atoms with Gasteiger partial charge in [0, 0.05) is 24.7 Å². The van der Waals surface area contributed by atoms with Crippen LogP contribution in [0.3, 0.4) is 0 Å². The van der Waals surface area contributed by atoms with E-state index in [9.17, 15) is 9.90 Å². The van der Waals surface area contributed by atoms with Crippen LogP contribution in [-0.2, 0) is 4.79 Å². The molecular formula is C16H30N2O2. The van der Waals surface area contributed by atoms with Gasteiger partial charge in [0.05, 0.1) is 0 Å². The van der Waals surface area contributed by atoms with Gasteiger partial charge >= 0.3 is 5.97 Å². The van der Waals surface area contributed by atoms with E-state index < -0.39 is 11.5 Å². The normalized spacial score (nSPS) is 30.6. The zero-order valence-corrected chi connectivity index (χ0v) is 13.4. The molecule has 0 spiro atoms. The smallest absolute Gasteiger partial charge is 0.323 e. The molecule has 0 amide bonds. The maximum absolute atomic E-state index is 11.8. The minimum atomic E-state index is -0.713. The molecule has 0 aromatic carbocycles. The van der Waals surface area contributed by atoms with Crippen LogP contribution >= 0.6 is 0 Å². The fourth-order valence-corrected chi connectivity index (χ4v) is 3.62. The van der Waals surface area contributed by atoms with Crippen molar-refractivity contribution in [3.63, 3.8) is 0 Å². The molecule has 2 saturated carbocycles. The Balaban J connectivity index is 2.05. The summed E-state index contributed by atoms with van der Waals surface area (Å²) in [6.45, 7) is 9.68. The van der Waals surface area contributed by atoms with Crippen LogP contribution in [0.2, 0.25) is 0 Å². The van der Waals surface area contributed by atoms with Gasteiger partial charge in [0.15, 0.2) is 0 Å². The maximum Gasteiger partial charge on any atom is 0.323 e. The summed E-state index contributed by atoms with van der Waals surface area (Å²) >= 11 is 0. The van der Waals surface area contributed by atoms with Crippen LogP contribution in [0.15, 0.2) is 0 Å². The number of nitrogens with one attached hydrogen (secondary N) is 1. The van der Waals surface area contributed by atoms with Crippen molar-refractivity contribution in [2.45, 2.75) is 83.5 Å². The average Bonchev–Trinajstić information content (AvgIpc) is 3.06. The molecule has 116 valence electrons. The third-order valence-corrected chi connectivity index (χ3v) is 4.76. The van der Waals surface area contributed by atoms with E-state index in [2.05, 4.69) is 24.1 Å². The summed E-state index contributed by atoms with van der Waals surface area (Å²) in [5, 5.41) is 13.0. The lowest BCUT2D eigenvalue weighted by Crippen LogP contribution is -2.54. The van der Waals surface area contributed by atoms with E-state index in [0.717, 1.165) is 31.7 Å². The van der Waals surface area contributed by atoms with Gasteiger partial charge in [-0.1, -0.05) is 0 Å². The third kappa shape index (κ3) is 3.53. The number of nitrogens with zero attached hydrogens (tertiary/aromatic N) is 1. The molecule has 0 saturated heterocycles. The van der Waals surface area contributed by atoms with Gasteiger partial charge in [-0.25, -0.2) is 0 Å². The Morgan fingerprint density at radius 3 is 2.40 bits per heavy atom. The predicted molar refractivity (Wildman–Crippen MR) is 80.8 cm³/mol. The number of hydrogen-bond acceptors (Lipinski definition) is 3. The number of carboxylic acid groups (broad SMARTS) is 1. The molecule has 2 unspecified atom stereocenters. The van der Waals surface area contributed by atoms with E-state index in [1.54, 1.807) is 0 Å². The summed E-state index contributed by atoms with van der Waals surface area (Å²) < 4.78 is 0. The van der Waals surface area contributed by atoms with Crippen LogP contribution in [0, 0.1) is 5.92 Å². The van der Waals surface area contributed by atoms with E-state index in [1.807, 2.05) is 13.8 Å². The molecule has 20 heavy (non-hydrogen) atoms. The van der Waals surface area contributed by atoms with Crippen LogP contribution in [0.25, 0.3) is 0 Å². The second kappa shape index (κ2) is 6.02. The zero-order valence-electron chi connectivity index (χ0n) is 13.4.